The summed E-state index contributed by atoms with van der Waals surface area (Å²) in [7, 11) is 0. The Balaban J connectivity index is 1.47. The van der Waals surface area contributed by atoms with Crippen molar-refractivity contribution in [1.82, 2.24) is 20.0 Å². The smallest absolute Gasteiger partial charge is 0.317 e. The van der Waals surface area contributed by atoms with E-state index in [1.807, 2.05) is 42.1 Å². The standard InChI is InChI=1S/C17H22N4O3/c1-2-20(12-14-5-6-15-16(11-14)24-13-23-15)17(22)18-7-3-9-21-10-4-8-19-21/h4-6,8,10-11H,2-3,7,9,12-13H2,1H3,(H,18,22). The van der Waals surface area contributed by atoms with Crippen LogP contribution in [0.1, 0.15) is 18.9 Å². The van der Waals surface area contributed by atoms with Gasteiger partial charge in [0, 0.05) is 38.6 Å². The highest BCUT2D eigenvalue weighted by Crippen LogP contribution is 2.32. The molecule has 0 radical (unpaired) electrons. The molecular weight excluding hydrogens is 308 g/mol. The molecule has 0 saturated heterocycles. The van der Waals surface area contributed by atoms with Crippen molar-refractivity contribution in [2.24, 2.45) is 0 Å². The Labute approximate surface area is 141 Å². The summed E-state index contributed by atoms with van der Waals surface area (Å²) < 4.78 is 12.5. The zero-order valence-corrected chi connectivity index (χ0v) is 13.8. The van der Waals surface area contributed by atoms with E-state index in [2.05, 4.69) is 10.4 Å². The fourth-order valence-electron chi connectivity index (χ4n) is 2.57. The van der Waals surface area contributed by atoms with E-state index < -0.39 is 0 Å². The van der Waals surface area contributed by atoms with E-state index in [-0.39, 0.29) is 12.8 Å². The predicted octanol–water partition coefficient (Wildman–Crippen LogP) is 2.23. The number of fused-ring (bicyclic) bond motifs is 1. The summed E-state index contributed by atoms with van der Waals surface area (Å²) in [6, 6.07) is 7.60. The lowest BCUT2D eigenvalue weighted by molar-refractivity contribution is 0.173. The van der Waals surface area contributed by atoms with E-state index in [9.17, 15) is 4.79 Å². The number of rotatable bonds is 7. The van der Waals surface area contributed by atoms with Gasteiger partial charge < -0.3 is 19.7 Å². The van der Waals surface area contributed by atoms with Crippen LogP contribution in [-0.4, -0.2) is 40.6 Å². The molecule has 2 aromatic rings. The van der Waals surface area contributed by atoms with Gasteiger partial charge in [0.1, 0.15) is 0 Å². The molecule has 0 spiro atoms. The number of ether oxygens (including phenoxy) is 2. The molecule has 2 amide bonds. The minimum Gasteiger partial charge on any atom is -0.454 e. The first-order valence-electron chi connectivity index (χ1n) is 8.15. The maximum atomic E-state index is 12.3. The van der Waals surface area contributed by atoms with Gasteiger partial charge in [-0.15, -0.1) is 0 Å². The minimum atomic E-state index is -0.0596. The number of nitrogens with zero attached hydrogens (tertiary/aromatic N) is 3. The monoisotopic (exact) mass is 330 g/mol. The Morgan fingerprint density at radius 3 is 3.04 bits per heavy atom. The Hall–Kier alpha value is -2.70. The third-order valence-corrected chi connectivity index (χ3v) is 3.88. The van der Waals surface area contributed by atoms with Gasteiger partial charge in [-0.25, -0.2) is 4.79 Å². The molecule has 0 atom stereocenters. The van der Waals surface area contributed by atoms with Gasteiger partial charge in [0.05, 0.1) is 0 Å². The number of aryl methyl sites for hydroxylation is 1. The molecule has 1 aromatic carbocycles. The Kier molecular flexibility index (Phi) is 5.20. The second kappa shape index (κ2) is 7.72. The van der Waals surface area contributed by atoms with E-state index in [1.54, 1.807) is 11.1 Å². The highest BCUT2D eigenvalue weighted by molar-refractivity contribution is 5.74. The normalized spacial score (nSPS) is 12.2. The van der Waals surface area contributed by atoms with Gasteiger partial charge in [-0.05, 0) is 37.1 Å². The molecule has 7 nitrogen and oxygen atoms in total. The van der Waals surface area contributed by atoms with E-state index in [0.29, 0.717) is 19.6 Å². The molecule has 0 saturated carbocycles. The molecule has 1 aromatic heterocycles. The van der Waals surface area contributed by atoms with Gasteiger partial charge in [-0.1, -0.05) is 6.07 Å². The number of hydrogen-bond acceptors (Lipinski definition) is 4. The minimum absolute atomic E-state index is 0.0596. The van der Waals surface area contributed by atoms with E-state index >= 15 is 0 Å². The molecular formula is C17H22N4O3. The number of hydrogen-bond donors (Lipinski definition) is 1. The zero-order chi connectivity index (χ0) is 16.8. The van der Waals surface area contributed by atoms with Crippen LogP contribution in [0, 0.1) is 0 Å². The molecule has 1 aliphatic heterocycles. The zero-order valence-electron chi connectivity index (χ0n) is 13.8. The molecule has 2 heterocycles. The number of amides is 2. The lowest BCUT2D eigenvalue weighted by Crippen LogP contribution is -2.40. The third-order valence-electron chi connectivity index (χ3n) is 3.88. The summed E-state index contributed by atoms with van der Waals surface area (Å²) in [5, 5.41) is 7.10. The Morgan fingerprint density at radius 2 is 2.25 bits per heavy atom. The summed E-state index contributed by atoms with van der Waals surface area (Å²) in [6.07, 6.45) is 4.51. The average molecular weight is 330 g/mol. The average Bonchev–Trinajstić information content (AvgIpc) is 3.27. The molecule has 7 heteroatoms. The second-order valence-corrected chi connectivity index (χ2v) is 5.56. The van der Waals surface area contributed by atoms with E-state index in [4.69, 9.17) is 9.47 Å². The van der Waals surface area contributed by atoms with Gasteiger partial charge in [0.15, 0.2) is 11.5 Å². The number of nitrogens with one attached hydrogen (secondary N) is 1. The summed E-state index contributed by atoms with van der Waals surface area (Å²) in [5.74, 6) is 1.49. The first-order chi connectivity index (χ1) is 11.8. The summed E-state index contributed by atoms with van der Waals surface area (Å²) in [6.45, 7) is 4.82. The van der Waals surface area contributed by atoms with Gasteiger partial charge in [-0.3, -0.25) is 4.68 Å². The van der Waals surface area contributed by atoms with Crippen molar-refractivity contribution >= 4 is 6.03 Å². The van der Waals surface area contributed by atoms with Crippen molar-refractivity contribution < 1.29 is 14.3 Å². The van der Waals surface area contributed by atoms with Gasteiger partial charge in [-0.2, -0.15) is 5.10 Å². The van der Waals surface area contributed by atoms with Crippen LogP contribution in [-0.2, 0) is 13.1 Å². The van der Waals surface area contributed by atoms with Gasteiger partial charge >= 0.3 is 6.03 Å². The molecule has 1 N–H and O–H groups in total. The number of carbonyl (C=O) groups excluding carboxylic acids is 1. The highest BCUT2D eigenvalue weighted by atomic mass is 16.7. The van der Waals surface area contributed by atoms with Crippen LogP contribution in [0.2, 0.25) is 0 Å². The molecule has 24 heavy (non-hydrogen) atoms. The van der Waals surface area contributed by atoms with Crippen molar-refractivity contribution in [3.8, 4) is 11.5 Å². The fourth-order valence-corrected chi connectivity index (χ4v) is 2.57. The van der Waals surface area contributed by atoms with Crippen molar-refractivity contribution in [1.29, 1.82) is 0 Å². The molecule has 0 unspecified atom stereocenters. The van der Waals surface area contributed by atoms with Crippen molar-refractivity contribution in [3.63, 3.8) is 0 Å². The third kappa shape index (κ3) is 3.98. The predicted molar refractivity (Wildman–Crippen MR) is 88.9 cm³/mol. The quantitative estimate of drug-likeness (QED) is 0.791. The maximum absolute atomic E-state index is 12.3. The molecule has 0 aliphatic carbocycles. The van der Waals surface area contributed by atoms with Gasteiger partial charge in [0.25, 0.3) is 0 Å². The van der Waals surface area contributed by atoms with Crippen LogP contribution in [0.25, 0.3) is 0 Å². The van der Waals surface area contributed by atoms with Crippen LogP contribution >= 0.6 is 0 Å². The molecule has 128 valence electrons. The Morgan fingerprint density at radius 1 is 1.38 bits per heavy atom. The first kappa shape index (κ1) is 16.2. The molecule has 0 fully saturated rings. The van der Waals surface area contributed by atoms with E-state index in [1.165, 1.54) is 0 Å². The first-order valence-corrected chi connectivity index (χ1v) is 8.15. The fraction of sp³-hybridized carbons (Fsp3) is 0.412. The largest absolute Gasteiger partial charge is 0.454 e. The number of benzene rings is 1. The van der Waals surface area contributed by atoms with Crippen molar-refractivity contribution in [2.75, 3.05) is 19.9 Å². The summed E-state index contributed by atoms with van der Waals surface area (Å²) in [4.78, 5) is 14.1. The van der Waals surface area contributed by atoms with Crippen molar-refractivity contribution in [2.45, 2.75) is 26.4 Å². The number of aromatic nitrogens is 2. The summed E-state index contributed by atoms with van der Waals surface area (Å²) in [5.41, 5.74) is 1.02. The van der Waals surface area contributed by atoms with E-state index in [0.717, 1.165) is 30.0 Å². The maximum Gasteiger partial charge on any atom is 0.317 e. The molecule has 0 bridgehead atoms. The molecule has 3 rings (SSSR count). The lowest BCUT2D eigenvalue weighted by Gasteiger charge is -2.21. The van der Waals surface area contributed by atoms with Crippen LogP contribution in [0.3, 0.4) is 0 Å². The topological polar surface area (TPSA) is 68.6 Å². The lowest BCUT2D eigenvalue weighted by atomic mass is 10.2. The highest BCUT2D eigenvalue weighted by Gasteiger charge is 2.16. The molecule has 1 aliphatic rings. The summed E-state index contributed by atoms with van der Waals surface area (Å²) >= 11 is 0. The second-order valence-electron chi connectivity index (χ2n) is 5.56. The van der Waals surface area contributed by atoms with Crippen molar-refractivity contribution in [3.05, 3.63) is 42.2 Å². The van der Waals surface area contributed by atoms with Gasteiger partial charge in [0.2, 0.25) is 6.79 Å². The Bertz CT molecular complexity index is 672. The van der Waals surface area contributed by atoms with Crippen LogP contribution < -0.4 is 14.8 Å². The SMILES string of the molecule is CCN(Cc1ccc2c(c1)OCO2)C(=O)NCCCn1cccn1. The number of carbonyl (C=O) groups is 1. The van der Waals surface area contributed by atoms with Crippen LogP contribution in [0.5, 0.6) is 11.5 Å². The number of urea groups is 1. The van der Waals surface area contributed by atoms with Crippen LogP contribution in [0.4, 0.5) is 4.79 Å². The van der Waals surface area contributed by atoms with Crippen LogP contribution in [0.15, 0.2) is 36.7 Å².